The van der Waals surface area contributed by atoms with Crippen LogP contribution in [0.25, 0.3) is 0 Å². The van der Waals surface area contributed by atoms with Crippen molar-refractivity contribution in [2.45, 2.75) is 45.6 Å². The Hall–Kier alpha value is -1.26. The number of hydrogen-bond donors (Lipinski definition) is 1. The number of carbonyl (C=O) groups excluding carboxylic acids is 1. The molecule has 130 valence electrons. The second-order valence-electron chi connectivity index (χ2n) is 6.43. The van der Waals surface area contributed by atoms with Gasteiger partial charge in [-0.25, -0.2) is 0 Å². The van der Waals surface area contributed by atoms with Gasteiger partial charge in [0.2, 0.25) is 0 Å². The summed E-state index contributed by atoms with van der Waals surface area (Å²) in [7, 11) is 1.98. The molecule has 0 radical (unpaired) electrons. The third-order valence-electron chi connectivity index (χ3n) is 4.40. The number of amides is 1. The van der Waals surface area contributed by atoms with E-state index in [-0.39, 0.29) is 24.9 Å². The molecular weight excluding hydrogens is 312 g/mol. The molecule has 1 saturated heterocycles. The normalized spacial score (nSPS) is 15.4. The van der Waals surface area contributed by atoms with Gasteiger partial charge >= 0.3 is 0 Å². The molecule has 1 aromatic carbocycles. The first kappa shape index (κ1) is 19.8. The van der Waals surface area contributed by atoms with Crippen LogP contribution in [0.1, 0.15) is 43.7 Å². The highest BCUT2D eigenvalue weighted by Gasteiger charge is 2.22. The van der Waals surface area contributed by atoms with E-state index in [1.807, 2.05) is 24.9 Å². The van der Waals surface area contributed by atoms with Gasteiger partial charge in [-0.3, -0.25) is 4.79 Å². The van der Waals surface area contributed by atoms with E-state index < -0.39 is 0 Å². The first-order valence-corrected chi connectivity index (χ1v) is 8.19. The van der Waals surface area contributed by atoms with E-state index >= 15 is 0 Å². The average Bonchev–Trinajstić information content (AvgIpc) is 2.52. The minimum absolute atomic E-state index is 0. The van der Waals surface area contributed by atoms with Crippen LogP contribution in [0.15, 0.2) is 18.2 Å². The molecule has 1 amide bonds. The summed E-state index contributed by atoms with van der Waals surface area (Å²) in [5.41, 5.74) is 2.31. The smallest absolute Gasteiger partial charge is 0.260 e. The van der Waals surface area contributed by atoms with Gasteiger partial charge in [-0.05, 0) is 49.9 Å². The fourth-order valence-corrected chi connectivity index (χ4v) is 2.89. The number of hydrogen-bond acceptors (Lipinski definition) is 3. The molecular formula is C18H29ClN2O2. The van der Waals surface area contributed by atoms with Crippen molar-refractivity contribution in [2.75, 3.05) is 26.7 Å². The maximum atomic E-state index is 12.3. The van der Waals surface area contributed by atoms with Gasteiger partial charge in [-0.2, -0.15) is 0 Å². The predicted molar refractivity (Wildman–Crippen MR) is 96.7 cm³/mol. The Kier molecular flexibility index (Phi) is 7.86. The molecule has 5 heteroatoms. The number of carbonyl (C=O) groups is 1. The molecule has 1 aromatic rings. The number of nitrogens with one attached hydrogen (secondary N) is 1. The maximum Gasteiger partial charge on any atom is 0.260 e. The van der Waals surface area contributed by atoms with E-state index in [1.54, 1.807) is 0 Å². The lowest BCUT2D eigenvalue weighted by atomic mass is 10.0. The van der Waals surface area contributed by atoms with Crippen LogP contribution in [0, 0.1) is 6.92 Å². The number of aryl methyl sites for hydroxylation is 1. The average molecular weight is 341 g/mol. The summed E-state index contributed by atoms with van der Waals surface area (Å²) in [6.07, 6.45) is 2.04. The zero-order chi connectivity index (χ0) is 16.1. The topological polar surface area (TPSA) is 41.6 Å². The van der Waals surface area contributed by atoms with Crippen LogP contribution in [0.2, 0.25) is 0 Å². The summed E-state index contributed by atoms with van der Waals surface area (Å²) in [6.45, 7) is 8.09. The second kappa shape index (κ2) is 9.14. The molecule has 1 fully saturated rings. The van der Waals surface area contributed by atoms with Crippen LogP contribution in [0.4, 0.5) is 0 Å². The lowest BCUT2D eigenvalue weighted by Crippen LogP contribution is -2.45. The predicted octanol–water partition coefficient (Wildman–Crippen LogP) is 3.13. The number of ether oxygens (including phenoxy) is 1. The fourth-order valence-electron chi connectivity index (χ4n) is 2.89. The van der Waals surface area contributed by atoms with Gasteiger partial charge in [0, 0.05) is 19.1 Å². The van der Waals surface area contributed by atoms with Crippen LogP contribution in [0.5, 0.6) is 5.75 Å². The molecule has 0 aromatic heterocycles. The van der Waals surface area contributed by atoms with Gasteiger partial charge in [0.05, 0.1) is 0 Å². The highest BCUT2D eigenvalue weighted by Crippen LogP contribution is 2.27. The molecule has 23 heavy (non-hydrogen) atoms. The van der Waals surface area contributed by atoms with Gasteiger partial charge in [0.15, 0.2) is 6.61 Å². The van der Waals surface area contributed by atoms with Crippen LogP contribution in [-0.2, 0) is 4.79 Å². The summed E-state index contributed by atoms with van der Waals surface area (Å²) in [5, 5.41) is 3.28. The number of rotatable bonds is 5. The van der Waals surface area contributed by atoms with Crippen LogP contribution in [-0.4, -0.2) is 43.6 Å². The number of likely N-dealkylation sites (tertiary alicyclic amines) is 1. The van der Waals surface area contributed by atoms with Crippen LogP contribution >= 0.6 is 12.4 Å². The zero-order valence-corrected chi connectivity index (χ0v) is 15.4. The van der Waals surface area contributed by atoms with Gasteiger partial charge < -0.3 is 15.0 Å². The summed E-state index contributed by atoms with van der Waals surface area (Å²) >= 11 is 0. The van der Waals surface area contributed by atoms with E-state index in [4.69, 9.17) is 4.74 Å². The fraction of sp³-hybridized carbons (Fsp3) is 0.611. The lowest BCUT2D eigenvalue weighted by molar-refractivity contribution is -0.134. The standard InChI is InChI=1S/C18H28N2O2.ClH/c1-13(2)16-6-5-14(3)11-17(16)22-12-18(21)20-9-7-15(19-4)8-10-20;/h5-6,11,13,15,19H,7-10,12H2,1-4H3;1H. The van der Waals surface area contributed by atoms with Crippen LogP contribution < -0.4 is 10.1 Å². The van der Waals surface area contributed by atoms with Gasteiger partial charge in [0.1, 0.15) is 5.75 Å². The molecule has 0 spiro atoms. The summed E-state index contributed by atoms with van der Waals surface area (Å²) in [4.78, 5) is 14.2. The summed E-state index contributed by atoms with van der Waals surface area (Å²) in [5.74, 6) is 1.32. The Balaban J connectivity index is 0.00000264. The van der Waals surface area contributed by atoms with Crippen molar-refractivity contribution in [2.24, 2.45) is 0 Å². The monoisotopic (exact) mass is 340 g/mol. The highest BCUT2D eigenvalue weighted by molar-refractivity contribution is 5.85. The third kappa shape index (κ3) is 5.40. The minimum atomic E-state index is 0. The highest BCUT2D eigenvalue weighted by atomic mass is 35.5. The van der Waals surface area contributed by atoms with E-state index in [2.05, 4.69) is 31.3 Å². The molecule has 0 unspecified atom stereocenters. The summed E-state index contributed by atoms with van der Waals surface area (Å²) < 4.78 is 5.84. The number of halogens is 1. The molecule has 0 aliphatic carbocycles. The Morgan fingerprint density at radius 1 is 1.35 bits per heavy atom. The van der Waals surface area contributed by atoms with Crippen molar-refractivity contribution >= 4 is 18.3 Å². The number of piperidine rings is 1. The molecule has 1 aliphatic rings. The Morgan fingerprint density at radius 3 is 2.57 bits per heavy atom. The Bertz CT molecular complexity index is 512. The molecule has 0 atom stereocenters. The van der Waals surface area contributed by atoms with Crippen molar-refractivity contribution in [3.8, 4) is 5.75 Å². The largest absolute Gasteiger partial charge is 0.483 e. The minimum Gasteiger partial charge on any atom is -0.483 e. The second-order valence-corrected chi connectivity index (χ2v) is 6.43. The van der Waals surface area contributed by atoms with Crippen molar-refractivity contribution in [1.82, 2.24) is 10.2 Å². The molecule has 1 N–H and O–H groups in total. The quantitative estimate of drug-likeness (QED) is 0.895. The van der Waals surface area contributed by atoms with Gasteiger partial charge in [-0.15, -0.1) is 12.4 Å². The van der Waals surface area contributed by atoms with Gasteiger partial charge in [-0.1, -0.05) is 26.0 Å². The van der Waals surface area contributed by atoms with Gasteiger partial charge in [0.25, 0.3) is 5.91 Å². The molecule has 0 saturated carbocycles. The van der Waals surface area contributed by atoms with E-state index in [9.17, 15) is 4.79 Å². The molecule has 4 nitrogen and oxygen atoms in total. The number of nitrogens with zero attached hydrogens (tertiary/aromatic N) is 1. The molecule has 2 rings (SSSR count). The Morgan fingerprint density at radius 2 is 2.00 bits per heavy atom. The zero-order valence-electron chi connectivity index (χ0n) is 14.6. The maximum absolute atomic E-state index is 12.3. The third-order valence-corrected chi connectivity index (χ3v) is 4.40. The molecule has 0 bridgehead atoms. The SMILES string of the molecule is CNC1CCN(C(=O)COc2cc(C)ccc2C(C)C)CC1.Cl. The van der Waals surface area contributed by atoms with E-state index in [0.29, 0.717) is 12.0 Å². The van der Waals surface area contributed by atoms with Crippen LogP contribution in [0.3, 0.4) is 0 Å². The first-order chi connectivity index (χ1) is 10.5. The number of benzene rings is 1. The Labute approximate surface area is 146 Å². The lowest BCUT2D eigenvalue weighted by Gasteiger charge is -2.31. The van der Waals surface area contributed by atoms with E-state index in [0.717, 1.165) is 42.8 Å². The van der Waals surface area contributed by atoms with Crippen molar-refractivity contribution in [3.05, 3.63) is 29.3 Å². The van der Waals surface area contributed by atoms with E-state index in [1.165, 1.54) is 0 Å². The molecule has 1 heterocycles. The first-order valence-electron chi connectivity index (χ1n) is 8.19. The van der Waals surface area contributed by atoms with Crippen molar-refractivity contribution in [3.63, 3.8) is 0 Å². The summed E-state index contributed by atoms with van der Waals surface area (Å²) in [6, 6.07) is 6.75. The van der Waals surface area contributed by atoms with Crippen molar-refractivity contribution in [1.29, 1.82) is 0 Å². The van der Waals surface area contributed by atoms with Crippen molar-refractivity contribution < 1.29 is 9.53 Å². The molecule has 1 aliphatic heterocycles.